The maximum Gasteiger partial charge on any atom is 0.306 e. The molecule has 1 rings (SSSR count). The molecule has 0 N–H and O–H groups in total. The Morgan fingerprint density at radius 2 is 1.12 bits per heavy atom. The molecule has 1 aliphatic heterocycles. The van der Waals surface area contributed by atoms with Crippen molar-refractivity contribution >= 4 is 19.8 Å². The second-order valence-corrected chi connectivity index (χ2v) is 18.6. The van der Waals surface area contributed by atoms with Crippen molar-refractivity contribution in [1.82, 2.24) is 0 Å². The summed E-state index contributed by atoms with van der Waals surface area (Å²) >= 11 is 0. The van der Waals surface area contributed by atoms with Gasteiger partial charge in [-0.25, -0.2) is 0 Å². The molecule has 334 valence electrons. The maximum atomic E-state index is 12.7. The van der Waals surface area contributed by atoms with E-state index >= 15 is 0 Å². The summed E-state index contributed by atoms with van der Waals surface area (Å²) in [5.41, 5.74) is 0. The molecule has 1 heterocycles. The van der Waals surface area contributed by atoms with Gasteiger partial charge in [0.05, 0.1) is 40.0 Å². The van der Waals surface area contributed by atoms with E-state index in [4.69, 9.17) is 23.3 Å². The normalized spacial score (nSPS) is 17.3. The first kappa shape index (κ1) is 53.5. The van der Waals surface area contributed by atoms with Gasteiger partial charge in [-0.15, -0.1) is 0 Å². The number of likely N-dealkylation sites (N-methyl/N-ethyl adjacent to an activating group) is 1. The highest BCUT2D eigenvalue weighted by Crippen LogP contribution is 2.38. The second kappa shape index (κ2) is 35.2. The van der Waals surface area contributed by atoms with Gasteiger partial charge in [0, 0.05) is 12.8 Å². The Morgan fingerprint density at radius 1 is 0.632 bits per heavy atom. The summed E-state index contributed by atoms with van der Waals surface area (Å²) in [5.74, 6) is -0.859. The minimum absolute atomic E-state index is 0.0359. The van der Waals surface area contributed by atoms with Crippen LogP contribution in [-0.4, -0.2) is 82.2 Å². The largest absolute Gasteiger partial charge is 0.756 e. The highest BCUT2D eigenvalue weighted by molar-refractivity contribution is 7.45. The third kappa shape index (κ3) is 36.1. The Bertz CT molecular complexity index is 1090. The number of allylic oxidation sites excluding steroid dienone is 3. The van der Waals surface area contributed by atoms with Gasteiger partial charge in [0.15, 0.2) is 6.10 Å². The average Bonchev–Trinajstić information content (AvgIpc) is 3.92. The Balaban J connectivity index is 2.27. The monoisotopic (exact) mass is 828 g/mol. The smallest absolute Gasteiger partial charge is 0.306 e. The fourth-order valence-electron chi connectivity index (χ4n) is 6.60. The van der Waals surface area contributed by atoms with Crippen LogP contribution in [0.2, 0.25) is 0 Å². The van der Waals surface area contributed by atoms with Gasteiger partial charge in [-0.3, -0.25) is 14.2 Å². The van der Waals surface area contributed by atoms with Crippen LogP contribution in [-0.2, 0) is 37.4 Å². The number of nitrogens with zero attached hydrogens (tertiary/aromatic N) is 1. The first-order valence-corrected chi connectivity index (χ1v) is 24.6. The molecule has 1 fully saturated rings. The Hall–Kier alpha value is -1.55. The summed E-state index contributed by atoms with van der Waals surface area (Å²) < 4.78 is 39.8. The number of quaternary nitrogens is 1. The van der Waals surface area contributed by atoms with E-state index in [0.29, 0.717) is 36.1 Å². The summed E-state index contributed by atoms with van der Waals surface area (Å²) in [7, 11) is 1.15. The third-order valence-electron chi connectivity index (χ3n) is 10.4. The number of ether oxygens (including phenoxy) is 3. The van der Waals surface area contributed by atoms with E-state index in [-0.39, 0.29) is 26.1 Å². The number of hydrogen-bond acceptors (Lipinski definition) is 9. The summed E-state index contributed by atoms with van der Waals surface area (Å²) in [6.07, 6.45) is 39.3. The predicted octanol–water partition coefficient (Wildman–Crippen LogP) is 11.5. The van der Waals surface area contributed by atoms with Crippen LogP contribution in [0.4, 0.5) is 0 Å². The summed E-state index contributed by atoms with van der Waals surface area (Å²) in [6, 6.07) is 0. The molecule has 10 nitrogen and oxygen atoms in total. The molecule has 57 heavy (non-hydrogen) atoms. The van der Waals surface area contributed by atoms with E-state index in [2.05, 4.69) is 38.2 Å². The minimum Gasteiger partial charge on any atom is -0.756 e. The zero-order valence-electron chi connectivity index (χ0n) is 37.2. The SMILES string of the molecule is CCCCC/C=C\CC1OC1CCCCCCCC(=O)OC[C@H](COP(=O)([O-])OCC[N+](C)(C)C)OC(=O)CCCCCCCCC/C=C\CCCCCCCC. The molecule has 0 amide bonds. The molecule has 4 atom stereocenters. The van der Waals surface area contributed by atoms with E-state index in [0.717, 1.165) is 70.6 Å². The highest BCUT2D eigenvalue weighted by Gasteiger charge is 2.36. The van der Waals surface area contributed by atoms with Gasteiger partial charge in [0.1, 0.15) is 19.8 Å². The van der Waals surface area contributed by atoms with Crippen molar-refractivity contribution in [3.8, 4) is 0 Å². The molecule has 0 aromatic rings. The molecular weight excluding hydrogens is 741 g/mol. The Morgan fingerprint density at radius 3 is 1.72 bits per heavy atom. The van der Waals surface area contributed by atoms with Gasteiger partial charge in [-0.1, -0.05) is 141 Å². The number of hydrogen-bond donors (Lipinski definition) is 0. The van der Waals surface area contributed by atoms with Crippen LogP contribution in [0.1, 0.15) is 194 Å². The number of carbonyl (C=O) groups excluding carboxylic acids is 2. The van der Waals surface area contributed by atoms with Crippen molar-refractivity contribution in [3.63, 3.8) is 0 Å². The van der Waals surface area contributed by atoms with E-state index < -0.39 is 32.5 Å². The molecular formula is C46H86NO9P. The molecule has 0 radical (unpaired) electrons. The van der Waals surface area contributed by atoms with Gasteiger partial charge in [-0.2, -0.15) is 0 Å². The number of esters is 2. The zero-order chi connectivity index (χ0) is 41.9. The quantitative estimate of drug-likeness (QED) is 0.0148. The summed E-state index contributed by atoms with van der Waals surface area (Å²) in [5, 5.41) is 0. The molecule has 0 aromatic heterocycles. The van der Waals surface area contributed by atoms with Crippen LogP contribution in [0.3, 0.4) is 0 Å². The number of phosphoric acid groups is 1. The van der Waals surface area contributed by atoms with E-state index in [1.54, 1.807) is 0 Å². The van der Waals surface area contributed by atoms with Crippen LogP contribution in [0.25, 0.3) is 0 Å². The zero-order valence-corrected chi connectivity index (χ0v) is 38.1. The van der Waals surface area contributed by atoms with Gasteiger partial charge in [0.25, 0.3) is 7.82 Å². The second-order valence-electron chi connectivity index (χ2n) is 17.1. The minimum atomic E-state index is -4.63. The van der Waals surface area contributed by atoms with Gasteiger partial charge in [0.2, 0.25) is 0 Å². The first-order valence-electron chi connectivity index (χ1n) is 23.2. The van der Waals surface area contributed by atoms with Crippen LogP contribution < -0.4 is 4.89 Å². The highest BCUT2D eigenvalue weighted by atomic mass is 31.2. The number of phosphoric ester groups is 1. The fourth-order valence-corrected chi connectivity index (χ4v) is 7.33. The lowest BCUT2D eigenvalue weighted by atomic mass is 10.1. The maximum absolute atomic E-state index is 12.7. The van der Waals surface area contributed by atoms with Crippen LogP contribution >= 0.6 is 7.82 Å². The van der Waals surface area contributed by atoms with Gasteiger partial charge in [-0.05, 0) is 64.2 Å². The third-order valence-corrected chi connectivity index (χ3v) is 11.3. The van der Waals surface area contributed by atoms with E-state index in [9.17, 15) is 19.0 Å². The van der Waals surface area contributed by atoms with Crippen molar-refractivity contribution in [3.05, 3.63) is 24.3 Å². The standard InChI is InChI=1S/C46H86NO9P/c1-6-8-10-12-14-15-16-17-18-19-20-21-22-23-24-28-33-37-46(49)55-42(41-54-57(50,51)53-39-38-47(3,4)5)40-52-45(48)36-32-29-25-27-31-35-44-43(56-44)34-30-26-13-11-9-7-2/h17-18,26,30,42-44H,6-16,19-25,27-29,31-41H2,1-5H3/b18-17-,30-26-/t42-,43?,44?/m1/s1. The van der Waals surface area contributed by atoms with E-state index in [1.165, 1.54) is 83.5 Å². The van der Waals surface area contributed by atoms with Crippen LogP contribution in [0.5, 0.6) is 0 Å². The van der Waals surface area contributed by atoms with Crippen molar-refractivity contribution < 1.29 is 46.8 Å². The Kier molecular flexibility index (Phi) is 33.0. The van der Waals surface area contributed by atoms with Gasteiger partial charge >= 0.3 is 11.9 Å². The number of rotatable bonds is 41. The molecule has 1 saturated heterocycles. The van der Waals surface area contributed by atoms with Crippen LogP contribution in [0, 0.1) is 0 Å². The lowest BCUT2D eigenvalue weighted by molar-refractivity contribution is -0.870. The summed E-state index contributed by atoms with van der Waals surface area (Å²) in [4.78, 5) is 37.6. The first-order chi connectivity index (χ1) is 27.5. The molecule has 0 bridgehead atoms. The topological polar surface area (TPSA) is 124 Å². The number of unbranched alkanes of at least 4 members (excludes halogenated alkanes) is 20. The number of epoxide rings is 1. The lowest BCUT2D eigenvalue weighted by Crippen LogP contribution is -2.37. The van der Waals surface area contributed by atoms with Crippen molar-refractivity contribution in [2.45, 2.75) is 212 Å². The van der Waals surface area contributed by atoms with Crippen molar-refractivity contribution in [2.24, 2.45) is 0 Å². The molecule has 1 aliphatic rings. The van der Waals surface area contributed by atoms with E-state index in [1.807, 2.05) is 21.1 Å². The predicted molar refractivity (Wildman–Crippen MR) is 231 cm³/mol. The molecule has 0 spiro atoms. The van der Waals surface area contributed by atoms with Crippen molar-refractivity contribution in [1.29, 1.82) is 0 Å². The molecule has 11 heteroatoms. The number of carbonyl (C=O) groups is 2. The summed E-state index contributed by atoms with van der Waals surface area (Å²) in [6.45, 7) is 4.17. The fraction of sp³-hybridized carbons (Fsp3) is 0.870. The molecule has 3 unspecified atom stereocenters. The lowest BCUT2D eigenvalue weighted by Gasteiger charge is -2.28. The molecule has 0 aromatic carbocycles. The molecule has 0 saturated carbocycles. The van der Waals surface area contributed by atoms with Crippen LogP contribution in [0.15, 0.2) is 24.3 Å². The Labute approximate surface area is 349 Å². The molecule has 0 aliphatic carbocycles. The average molecular weight is 828 g/mol. The van der Waals surface area contributed by atoms with Gasteiger partial charge < -0.3 is 32.6 Å². The van der Waals surface area contributed by atoms with Crippen molar-refractivity contribution in [2.75, 3.05) is 47.5 Å².